The Kier molecular flexibility index (Phi) is 7.12. The minimum Gasteiger partial charge on any atom is -0.449 e. The first-order valence-electron chi connectivity index (χ1n) is 12.7. The highest BCUT2D eigenvalue weighted by molar-refractivity contribution is 6.56. The molecule has 0 atom stereocenters. The number of benzene rings is 3. The minimum absolute atomic E-state index is 0.0377. The van der Waals surface area contributed by atoms with Gasteiger partial charge in [-0.3, -0.25) is 0 Å². The lowest BCUT2D eigenvalue weighted by Crippen LogP contribution is -2.41. The number of rotatable bonds is 6. The smallest absolute Gasteiger partial charge is 0.449 e. The molecule has 1 aliphatic heterocycles. The quantitative estimate of drug-likeness (QED) is 0.346. The number of carbonyl (C=O) groups is 1. The Labute approximate surface area is 228 Å². The largest absolute Gasteiger partial charge is 0.492 e. The summed E-state index contributed by atoms with van der Waals surface area (Å²) in [6, 6.07) is 20.5. The molecule has 5 nitrogen and oxygen atoms in total. The SMILES string of the molecule is CC1(C)OB(C(=Cc2ccc(F)cc2Cl)CNC(=O)OCC2c3ccccc3-c3ccccc32)OC1(C)C. The molecule has 196 valence electrons. The average molecular weight is 534 g/mol. The van der Waals surface area contributed by atoms with Gasteiger partial charge in [0.15, 0.2) is 0 Å². The fourth-order valence-electron chi connectivity index (χ4n) is 4.84. The van der Waals surface area contributed by atoms with Crippen molar-refractivity contribution in [1.82, 2.24) is 5.32 Å². The maximum absolute atomic E-state index is 13.6. The summed E-state index contributed by atoms with van der Waals surface area (Å²) in [6.45, 7) is 8.12. The van der Waals surface area contributed by atoms with Gasteiger partial charge >= 0.3 is 13.2 Å². The van der Waals surface area contributed by atoms with Crippen LogP contribution in [-0.2, 0) is 14.0 Å². The summed E-state index contributed by atoms with van der Waals surface area (Å²) in [5.74, 6) is -0.467. The van der Waals surface area contributed by atoms with Crippen molar-refractivity contribution in [2.24, 2.45) is 0 Å². The molecule has 8 heteroatoms. The van der Waals surface area contributed by atoms with Gasteiger partial charge in [0.1, 0.15) is 12.4 Å². The normalized spacial score (nSPS) is 17.7. The molecule has 3 aromatic rings. The monoisotopic (exact) mass is 533 g/mol. The Bertz CT molecular complexity index is 1350. The molecule has 1 N–H and O–H groups in total. The number of carbonyl (C=O) groups excluding carboxylic acids is 1. The molecule has 0 unspecified atom stereocenters. The van der Waals surface area contributed by atoms with E-state index in [-0.39, 0.29) is 24.1 Å². The Morgan fingerprint density at radius 1 is 1.00 bits per heavy atom. The summed E-state index contributed by atoms with van der Waals surface area (Å²) in [5.41, 5.74) is 4.69. The predicted octanol–water partition coefficient (Wildman–Crippen LogP) is 7.03. The van der Waals surface area contributed by atoms with Crippen LogP contribution in [-0.4, -0.2) is 37.6 Å². The van der Waals surface area contributed by atoms with E-state index in [0.29, 0.717) is 11.0 Å². The van der Waals surface area contributed by atoms with Crippen LogP contribution in [0.15, 0.2) is 72.2 Å². The molecule has 0 saturated carbocycles. The number of fused-ring (bicyclic) bond motifs is 3. The van der Waals surface area contributed by atoms with Crippen molar-refractivity contribution in [3.8, 4) is 11.1 Å². The van der Waals surface area contributed by atoms with Gasteiger partial charge in [-0.15, -0.1) is 0 Å². The third-order valence-corrected chi connectivity index (χ3v) is 7.97. The highest BCUT2D eigenvalue weighted by Gasteiger charge is 2.52. The summed E-state index contributed by atoms with van der Waals surface area (Å²) < 4.78 is 31.7. The Hall–Kier alpha value is -3.13. The van der Waals surface area contributed by atoms with Crippen LogP contribution >= 0.6 is 11.6 Å². The van der Waals surface area contributed by atoms with Gasteiger partial charge in [-0.25, -0.2) is 9.18 Å². The molecule has 1 saturated heterocycles. The van der Waals surface area contributed by atoms with Gasteiger partial charge in [0.2, 0.25) is 0 Å². The van der Waals surface area contributed by atoms with E-state index in [2.05, 4.69) is 29.6 Å². The summed E-state index contributed by atoms with van der Waals surface area (Å²) >= 11 is 6.28. The third-order valence-electron chi connectivity index (χ3n) is 7.64. The summed E-state index contributed by atoms with van der Waals surface area (Å²) in [5, 5.41) is 3.08. The van der Waals surface area contributed by atoms with Crippen molar-refractivity contribution in [2.75, 3.05) is 13.2 Å². The predicted molar refractivity (Wildman–Crippen MR) is 149 cm³/mol. The van der Waals surface area contributed by atoms with Crippen LogP contribution in [0.25, 0.3) is 17.2 Å². The number of alkyl carbamates (subject to hydrolysis) is 1. The molecule has 0 radical (unpaired) electrons. The minimum atomic E-state index is -0.727. The van der Waals surface area contributed by atoms with E-state index in [1.807, 2.05) is 52.0 Å². The van der Waals surface area contributed by atoms with E-state index < -0.39 is 30.2 Å². The molecule has 1 aliphatic carbocycles. The lowest BCUT2D eigenvalue weighted by atomic mass is 9.77. The Balaban J connectivity index is 1.31. The highest BCUT2D eigenvalue weighted by Crippen LogP contribution is 2.44. The topological polar surface area (TPSA) is 56.8 Å². The van der Waals surface area contributed by atoms with Crippen LogP contribution < -0.4 is 5.32 Å². The summed E-state index contributed by atoms with van der Waals surface area (Å²) in [4.78, 5) is 12.8. The van der Waals surface area contributed by atoms with Crippen LogP contribution in [0.5, 0.6) is 0 Å². The van der Waals surface area contributed by atoms with Crippen molar-refractivity contribution < 1.29 is 23.2 Å². The van der Waals surface area contributed by atoms with Gasteiger partial charge in [-0.05, 0) is 73.1 Å². The fourth-order valence-corrected chi connectivity index (χ4v) is 5.06. The van der Waals surface area contributed by atoms with Gasteiger partial charge in [-0.2, -0.15) is 0 Å². The molecule has 0 bridgehead atoms. The van der Waals surface area contributed by atoms with Gasteiger partial charge < -0.3 is 19.4 Å². The second-order valence-electron chi connectivity index (χ2n) is 10.7. The lowest BCUT2D eigenvalue weighted by Gasteiger charge is -2.32. The zero-order chi connectivity index (χ0) is 27.1. The summed E-state index contributed by atoms with van der Waals surface area (Å²) in [6.07, 6.45) is 1.20. The molecule has 3 aromatic carbocycles. The number of amides is 1. The molecule has 1 amide bonds. The van der Waals surface area contributed by atoms with Gasteiger partial charge in [0.05, 0.1) is 16.2 Å². The van der Waals surface area contributed by atoms with Crippen molar-refractivity contribution in [1.29, 1.82) is 0 Å². The van der Waals surface area contributed by atoms with Crippen LogP contribution in [0, 0.1) is 5.82 Å². The fraction of sp³-hybridized carbons (Fsp3) is 0.300. The first-order valence-corrected chi connectivity index (χ1v) is 13.0. The highest BCUT2D eigenvalue weighted by atomic mass is 35.5. The average Bonchev–Trinajstić information content (AvgIpc) is 3.30. The molecule has 1 fully saturated rings. The first kappa shape index (κ1) is 26.5. The molecule has 5 rings (SSSR count). The first-order chi connectivity index (χ1) is 18.1. The van der Waals surface area contributed by atoms with Crippen LogP contribution in [0.1, 0.15) is 50.3 Å². The van der Waals surface area contributed by atoms with E-state index >= 15 is 0 Å². The van der Waals surface area contributed by atoms with Crippen LogP contribution in [0.3, 0.4) is 0 Å². The zero-order valence-corrected chi connectivity index (χ0v) is 22.6. The van der Waals surface area contributed by atoms with Crippen molar-refractivity contribution in [2.45, 2.75) is 44.8 Å². The Morgan fingerprint density at radius 2 is 1.58 bits per heavy atom. The van der Waals surface area contributed by atoms with Crippen molar-refractivity contribution >= 4 is 30.9 Å². The van der Waals surface area contributed by atoms with Crippen LogP contribution in [0.4, 0.5) is 9.18 Å². The second kappa shape index (κ2) is 10.2. The van der Waals surface area contributed by atoms with E-state index in [0.717, 1.165) is 11.1 Å². The van der Waals surface area contributed by atoms with Crippen LogP contribution in [0.2, 0.25) is 5.02 Å². The molecule has 2 aliphatic rings. The molecular formula is C30H30BClFNO4. The summed E-state index contributed by atoms with van der Waals surface area (Å²) in [7, 11) is -0.727. The van der Waals surface area contributed by atoms with Gasteiger partial charge in [0.25, 0.3) is 0 Å². The molecule has 1 heterocycles. The van der Waals surface area contributed by atoms with Crippen molar-refractivity contribution in [3.63, 3.8) is 0 Å². The number of hydrogen-bond donors (Lipinski definition) is 1. The molecular weight excluding hydrogens is 504 g/mol. The maximum atomic E-state index is 13.6. The maximum Gasteiger partial charge on any atom is 0.492 e. The zero-order valence-electron chi connectivity index (χ0n) is 21.9. The van der Waals surface area contributed by atoms with E-state index in [1.54, 1.807) is 12.1 Å². The lowest BCUT2D eigenvalue weighted by molar-refractivity contribution is 0.00578. The molecule has 0 spiro atoms. The van der Waals surface area contributed by atoms with Crippen molar-refractivity contribution in [3.05, 3.63) is 99.7 Å². The number of halogens is 2. The van der Waals surface area contributed by atoms with E-state index in [4.69, 9.17) is 25.6 Å². The van der Waals surface area contributed by atoms with E-state index in [1.165, 1.54) is 23.3 Å². The van der Waals surface area contributed by atoms with Gasteiger partial charge in [-0.1, -0.05) is 72.3 Å². The Morgan fingerprint density at radius 3 is 2.16 bits per heavy atom. The van der Waals surface area contributed by atoms with E-state index in [9.17, 15) is 9.18 Å². The standard InChI is InChI=1S/C30H30BClFNO4/c1-29(2)30(3,4)38-31(37-29)20(15-19-13-14-21(33)16-27(19)32)17-34-28(35)36-18-26-24-11-7-5-9-22(24)23-10-6-8-12-25(23)26/h5-16,26H,17-18H2,1-4H3,(H,34,35). The number of nitrogens with one attached hydrogen (secondary N) is 1. The van der Waals surface area contributed by atoms with Gasteiger partial charge in [0, 0.05) is 12.5 Å². The number of hydrogen-bond acceptors (Lipinski definition) is 4. The number of ether oxygens (including phenoxy) is 1. The second-order valence-corrected chi connectivity index (χ2v) is 11.1. The molecule has 0 aromatic heterocycles. The molecule has 38 heavy (non-hydrogen) atoms. The third kappa shape index (κ3) is 5.11.